The maximum atomic E-state index is 13.0. The lowest BCUT2D eigenvalue weighted by molar-refractivity contribution is -0.149. The largest absolute Gasteiger partial charge is 0.459 e. The van der Waals surface area contributed by atoms with Gasteiger partial charge in [0, 0.05) is 0 Å². The van der Waals surface area contributed by atoms with Gasteiger partial charge >= 0.3 is 12.0 Å². The molecule has 1 aromatic carbocycles. The average Bonchev–Trinajstić information content (AvgIpc) is 2.81. The maximum Gasteiger partial charge on any atom is 0.326 e. The summed E-state index contributed by atoms with van der Waals surface area (Å²) in [6.45, 7) is 5.83. The smallest absolute Gasteiger partial charge is 0.326 e. The fraction of sp³-hybridized carbons (Fsp3) is 0.524. The first-order valence-electron chi connectivity index (χ1n) is 9.43. The lowest BCUT2D eigenvalue weighted by Gasteiger charge is -2.43. The van der Waals surface area contributed by atoms with E-state index in [1.54, 1.807) is 24.3 Å². The minimum absolute atomic E-state index is 0.0206. The Bertz CT molecular complexity index is 857. The molecule has 2 fully saturated rings. The van der Waals surface area contributed by atoms with Crippen LogP contribution in [0.3, 0.4) is 0 Å². The van der Waals surface area contributed by atoms with E-state index >= 15 is 0 Å². The molecule has 0 unspecified atom stereocenters. The molecular formula is C21H25N3O4. The summed E-state index contributed by atoms with van der Waals surface area (Å²) in [6.07, 6.45) is 2.12. The fourth-order valence-electron chi connectivity index (χ4n) is 4.72. The Hall–Kier alpha value is -2.88. The summed E-state index contributed by atoms with van der Waals surface area (Å²) in [4.78, 5) is 38.6. The SMILES string of the molecule is C[C@H]1CC(C)(C)C[C@]2(C1)NC(=O)N(CC(=O)OCc1cccc(C#N)c1)C2=O. The third kappa shape index (κ3) is 4.01. The minimum atomic E-state index is -0.931. The highest BCUT2D eigenvalue weighted by Crippen LogP contribution is 2.46. The second kappa shape index (κ2) is 7.27. The number of hydrogen-bond donors (Lipinski definition) is 1. The predicted molar refractivity (Wildman–Crippen MR) is 101 cm³/mol. The third-order valence-electron chi connectivity index (χ3n) is 5.37. The van der Waals surface area contributed by atoms with Crippen molar-refractivity contribution >= 4 is 17.9 Å². The lowest BCUT2D eigenvalue weighted by Crippen LogP contribution is -2.54. The number of nitrogens with one attached hydrogen (secondary N) is 1. The zero-order valence-corrected chi connectivity index (χ0v) is 16.4. The molecule has 28 heavy (non-hydrogen) atoms. The molecule has 1 N–H and O–H groups in total. The van der Waals surface area contributed by atoms with Crippen LogP contribution in [-0.2, 0) is 20.9 Å². The number of nitrogens with zero attached hydrogens (tertiary/aromatic N) is 2. The van der Waals surface area contributed by atoms with Crippen LogP contribution in [0.4, 0.5) is 4.79 Å². The van der Waals surface area contributed by atoms with E-state index in [-0.39, 0.29) is 17.9 Å². The molecule has 1 spiro atoms. The van der Waals surface area contributed by atoms with Gasteiger partial charge in [-0.25, -0.2) is 4.79 Å². The second-order valence-electron chi connectivity index (χ2n) is 8.73. The van der Waals surface area contributed by atoms with Crippen molar-refractivity contribution in [2.24, 2.45) is 11.3 Å². The number of carbonyl (C=O) groups is 3. The van der Waals surface area contributed by atoms with Crippen LogP contribution in [0.15, 0.2) is 24.3 Å². The summed E-state index contributed by atoms with van der Waals surface area (Å²) in [6, 6.07) is 8.20. The number of esters is 1. The number of rotatable bonds is 4. The molecule has 7 heteroatoms. The highest BCUT2D eigenvalue weighted by atomic mass is 16.5. The number of ether oxygens (including phenoxy) is 1. The van der Waals surface area contributed by atoms with E-state index in [9.17, 15) is 14.4 Å². The third-order valence-corrected chi connectivity index (χ3v) is 5.37. The Morgan fingerprint density at radius 2 is 2.11 bits per heavy atom. The molecule has 1 heterocycles. The Morgan fingerprint density at radius 1 is 1.36 bits per heavy atom. The van der Waals surface area contributed by atoms with Crippen LogP contribution in [0.2, 0.25) is 0 Å². The van der Waals surface area contributed by atoms with Gasteiger partial charge < -0.3 is 10.1 Å². The predicted octanol–water partition coefficient (Wildman–Crippen LogP) is 2.74. The van der Waals surface area contributed by atoms with Crippen molar-refractivity contribution < 1.29 is 19.1 Å². The number of urea groups is 1. The van der Waals surface area contributed by atoms with E-state index in [1.807, 2.05) is 6.07 Å². The van der Waals surface area contributed by atoms with E-state index in [2.05, 4.69) is 26.1 Å². The fourth-order valence-corrected chi connectivity index (χ4v) is 4.72. The molecule has 0 radical (unpaired) electrons. The van der Waals surface area contributed by atoms with E-state index in [1.165, 1.54) is 0 Å². The number of benzene rings is 1. The first-order chi connectivity index (χ1) is 13.1. The minimum Gasteiger partial charge on any atom is -0.459 e. The van der Waals surface area contributed by atoms with Crippen molar-refractivity contribution in [3.8, 4) is 6.07 Å². The molecule has 0 aromatic heterocycles. The molecule has 1 saturated heterocycles. The molecule has 3 amide bonds. The molecule has 1 aliphatic carbocycles. The van der Waals surface area contributed by atoms with Crippen molar-refractivity contribution in [3.05, 3.63) is 35.4 Å². The number of carbonyl (C=O) groups excluding carboxylic acids is 3. The molecular weight excluding hydrogens is 358 g/mol. The zero-order valence-electron chi connectivity index (χ0n) is 16.4. The first kappa shape index (κ1) is 19.9. The quantitative estimate of drug-likeness (QED) is 0.637. The summed E-state index contributed by atoms with van der Waals surface area (Å²) in [5.74, 6) is -0.709. The van der Waals surface area contributed by atoms with E-state index < -0.39 is 24.1 Å². The van der Waals surface area contributed by atoms with Gasteiger partial charge in [-0.3, -0.25) is 14.5 Å². The van der Waals surface area contributed by atoms with Crippen molar-refractivity contribution in [3.63, 3.8) is 0 Å². The molecule has 3 rings (SSSR count). The average molecular weight is 383 g/mol. The van der Waals surface area contributed by atoms with Crippen LogP contribution in [0.5, 0.6) is 0 Å². The van der Waals surface area contributed by atoms with Crippen LogP contribution < -0.4 is 5.32 Å². The van der Waals surface area contributed by atoms with Crippen molar-refractivity contribution in [2.75, 3.05) is 6.54 Å². The summed E-state index contributed by atoms with van der Waals surface area (Å²) >= 11 is 0. The van der Waals surface area contributed by atoms with Crippen LogP contribution >= 0.6 is 0 Å². The lowest BCUT2D eigenvalue weighted by atomic mass is 9.64. The summed E-state index contributed by atoms with van der Waals surface area (Å²) in [5.41, 5.74) is 0.144. The van der Waals surface area contributed by atoms with Crippen LogP contribution in [0, 0.1) is 22.7 Å². The number of nitriles is 1. The Labute approximate surface area is 164 Å². The molecule has 2 aliphatic rings. The molecule has 1 aliphatic heterocycles. The van der Waals surface area contributed by atoms with Crippen molar-refractivity contribution in [1.82, 2.24) is 10.2 Å². The topological polar surface area (TPSA) is 99.5 Å². The summed E-state index contributed by atoms with van der Waals surface area (Å²) in [7, 11) is 0. The van der Waals surface area contributed by atoms with Gasteiger partial charge in [-0.15, -0.1) is 0 Å². The van der Waals surface area contributed by atoms with Gasteiger partial charge in [-0.1, -0.05) is 32.9 Å². The van der Waals surface area contributed by atoms with Gasteiger partial charge in [0.2, 0.25) is 0 Å². The molecule has 0 bridgehead atoms. The van der Waals surface area contributed by atoms with Crippen LogP contribution in [0.25, 0.3) is 0 Å². The molecule has 7 nitrogen and oxygen atoms in total. The standard InChI is InChI=1S/C21H25N3O4/c1-14-8-20(2,3)13-21(9-14)18(26)24(19(27)23-21)11-17(25)28-12-16-6-4-5-15(7-16)10-22/h4-7,14H,8-9,11-13H2,1-3H3,(H,23,27)/t14-,21-/m0/s1. The van der Waals surface area contributed by atoms with Gasteiger partial charge in [0.1, 0.15) is 18.7 Å². The van der Waals surface area contributed by atoms with Gasteiger partial charge in [0.05, 0.1) is 11.6 Å². The van der Waals surface area contributed by atoms with Gasteiger partial charge in [-0.05, 0) is 48.3 Å². The maximum absolute atomic E-state index is 13.0. The van der Waals surface area contributed by atoms with Gasteiger partial charge in [-0.2, -0.15) is 5.26 Å². The van der Waals surface area contributed by atoms with Gasteiger partial charge in [0.25, 0.3) is 5.91 Å². The Balaban J connectivity index is 1.64. The normalized spacial score (nSPS) is 26.1. The highest BCUT2D eigenvalue weighted by Gasteiger charge is 2.56. The highest BCUT2D eigenvalue weighted by molar-refractivity contribution is 6.08. The molecule has 1 saturated carbocycles. The second-order valence-corrected chi connectivity index (χ2v) is 8.73. The summed E-state index contributed by atoms with van der Waals surface area (Å²) in [5, 5.41) is 11.8. The number of amides is 3. The van der Waals surface area contributed by atoms with Gasteiger partial charge in [0.15, 0.2) is 0 Å². The Kier molecular flexibility index (Phi) is 5.16. The Morgan fingerprint density at radius 3 is 2.79 bits per heavy atom. The first-order valence-corrected chi connectivity index (χ1v) is 9.43. The molecule has 1 aromatic rings. The van der Waals surface area contributed by atoms with Crippen LogP contribution in [-0.4, -0.2) is 34.9 Å². The van der Waals surface area contributed by atoms with E-state index in [4.69, 9.17) is 10.00 Å². The summed E-state index contributed by atoms with van der Waals surface area (Å²) < 4.78 is 5.20. The van der Waals surface area contributed by atoms with Crippen molar-refractivity contribution in [2.45, 2.75) is 52.2 Å². The van der Waals surface area contributed by atoms with Crippen LogP contribution in [0.1, 0.15) is 51.2 Å². The molecule has 148 valence electrons. The number of imide groups is 1. The number of hydrogen-bond acceptors (Lipinski definition) is 5. The zero-order chi connectivity index (χ0) is 20.5. The van der Waals surface area contributed by atoms with E-state index in [0.717, 1.165) is 11.3 Å². The van der Waals surface area contributed by atoms with E-state index in [0.29, 0.717) is 29.9 Å². The van der Waals surface area contributed by atoms with Crippen molar-refractivity contribution in [1.29, 1.82) is 5.26 Å². The monoisotopic (exact) mass is 383 g/mol. The molecule has 2 atom stereocenters.